The van der Waals surface area contributed by atoms with Crippen molar-refractivity contribution in [3.8, 4) is 0 Å². The fraction of sp³-hybridized carbons (Fsp3) is 0.250. The predicted molar refractivity (Wildman–Crippen MR) is 114 cm³/mol. The summed E-state index contributed by atoms with van der Waals surface area (Å²) in [5.41, 5.74) is 0.712. The Labute approximate surface area is 187 Å². The third kappa shape index (κ3) is 4.63. The van der Waals surface area contributed by atoms with Crippen molar-refractivity contribution in [2.45, 2.75) is 24.3 Å². The fourth-order valence-corrected chi connectivity index (χ4v) is 4.12. The highest BCUT2D eigenvalue weighted by Crippen LogP contribution is 2.33. The second kappa shape index (κ2) is 8.21. The van der Waals surface area contributed by atoms with Crippen molar-refractivity contribution >= 4 is 38.8 Å². The van der Waals surface area contributed by atoms with Crippen LogP contribution in [0.3, 0.4) is 0 Å². The number of benzene rings is 1. The average Bonchev–Trinajstić information content (AvgIpc) is 2.72. The number of alkyl halides is 3. The summed E-state index contributed by atoms with van der Waals surface area (Å²) in [4.78, 5) is 14.6. The van der Waals surface area contributed by atoms with Gasteiger partial charge in [0.05, 0.1) is 22.8 Å². The molecule has 0 bridgehead atoms. The van der Waals surface area contributed by atoms with E-state index in [9.17, 15) is 21.6 Å². The molecule has 0 aliphatic carbocycles. The number of aromatic nitrogens is 3. The number of hydrogen-bond donors (Lipinski definition) is 1. The van der Waals surface area contributed by atoms with Crippen LogP contribution < -0.4 is 10.2 Å². The van der Waals surface area contributed by atoms with E-state index in [-0.39, 0.29) is 17.5 Å². The zero-order chi connectivity index (χ0) is 23.1. The van der Waals surface area contributed by atoms with Gasteiger partial charge in [-0.15, -0.1) is 0 Å². The first-order chi connectivity index (χ1) is 15.0. The summed E-state index contributed by atoms with van der Waals surface area (Å²) < 4.78 is 62.8. The molecule has 1 aromatic carbocycles. The highest BCUT2D eigenvalue weighted by atomic mass is 35.5. The largest absolute Gasteiger partial charge is 0.416 e. The minimum atomic E-state index is -4.45. The van der Waals surface area contributed by atoms with Gasteiger partial charge in [-0.05, 0) is 42.8 Å². The fourth-order valence-electron chi connectivity index (χ4n) is 3.35. The summed E-state index contributed by atoms with van der Waals surface area (Å²) in [7, 11) is -3.74. The highest BCUT2D eigenvalue weighted by Gasteiger charge is 2.30. The molecule has 0 atom stereocenters. The van der Waals surface area contributed by atoms with E-state index in [1.54, 1.807) is 18.3 Å². The van der Waals surface area contributed by atoms with Gasteiger partial charge in [0.2, 0.25) is 15.0 Å². The van der Waals surface area contributed by atoms with E-state index in [1.807, 2.05) is 4.90 Å². The second-order valence-corrected chi connectivity index (χ2v) is 9.55. The molecule has 4 rings (SSSR count). The van der Waals surface area contributed by atoms with Crippen LogP contribution in [0.1, 0.15) is 16.8 Å². The van der Waals surface area contributed by atoms with Crippen LogP contribution in [0.5, 0.6) is 0 Å². The lowest BCUT2D eigenvalue weighted by atomic mass is 10.1. The lowest BCUT2D eigenvalue weighted by Gasteiger charge is -2.30. The Bertz CT molecular complexity index is 1270. The molecule has 0 saturated carbocycles. The van der Waals surface area contributed by atoms with Gasteiger partial charge in [0.25, 0.3) is 0 Å². The number of nitrogens with zero attached hydrogens (tertiary/aromatic N) is 4. The number of anilines is 3. The smallest absolute Gasteiger partial charge is 0.349 e. The Morgan fingerprint density at radius 3 is 2.47 bits per heavy atom. The van der Waals surface area contributed by atoms with Crippen LogP contribution in [0, 0.1) is 0 Å². The molecule has 0 fully saturated rings. The molecule has 0 spiro atoms. The van der Waals surface area contributed by atoms with E-state index >= 15 is 0 Å². The number of sulfone groups is 1. The molecule has 12 heteroatoms. The van der Waals surface area contributed by atoms with Crippen molar-refractivity contribution in [3.63, 3.8) is 0 Å². The molecule has 0 unspecified atom stereocenters. The van der Waals surface area contributed by atoms with Gasteiger partial charge in [-0.2, -0.15) is 13.2 Å². The van der Waals surface area contributed by atoms with E-state index in [1.165, 1.54) is 12.1 Å². The van der Waals surface area contributed by atoms with Crippen molar-refractivity contribution in [2.75, 3.05) is 23.0 Å². The molecule has 0 saturated heterocycles. The maximum Gasteiger partial charge on any atom is 0.416 e. The topological polar surface area (TPSA) is 88.1 Å². The lowest BCUT2D eigenvalue weighted by Crippen LogP contribution is -2.33. The zero-order valence-corrected chi connectivity index (χ0v) is 18.3. The molecule has 7 nitrogen and oxygen atoms in total. The van der Waals surface area contributed by atoms with E-state index in [0.29, 0.717) is 40.8 Å². The number of hydrogen-bond acceptors (Lipinski definition) is 7. The van der Waals surface area contributed by atoms with Crippen LogP contribution in [0.2, 0.25) is 5.02 Å². The summed E-state index contributed by atoms with van der Waals surface area (Å²) in [6.07, 6.45) is -1.40. The average molecular weight is 484 g/mol. The van der Waals surface area contributed by atoms with Gasteiger partial charge >= 0.3 is 6.18 Å². The van der Waals surface area contributed by atoms with E-state index in [4.69, 9.17) is 11.6 Å². The maximum absolute atomic E-state index is 12.8. The SMILES string of the molecule is CS(=O)(=O)c1nc2c(c(Nc3ccc(C(F)(F)F)cc3)n1)CCN(c1ncccc1Cl)C2. The van der Waals surface area contributed by atoms with Crippen molar-refractivity contribution in [1.29, 1.82) is 0 Å². The van der Waals surface area contributed by atoms with Crippen LogP contribution in [0.4, 0.5) is 30.5 Å². The number of halogens is 4. The minimum Gasteiger partial charge on any atom is -0.349 e. The molecule has 32 heavy (non-hydrogen) atoms. The zero-order valence-electron chi connectivity index (χ0n) is 16.7. The van der Waals surface area contributed by atoms with Gasteiger partial charge in [-0.25, -0.2) is 23.4 Å². The number of nitrogens with one attached hydrogen (secondary N) is 1. The van der Waals surface area contributed by atoms with Crippen LogP contribution in [-0.4, -0.2) is 36.2 Å². The van der Waals surface area contributed by atoms with Gasteiger partial charge < -0.3 is 10.2 Å². The van der Waals surface area contributed by atoms with E-state index < -0.39 is 21.6 Å². The Morgan fingerprint density at radius 1 is 1.12 bits per heavy atom. The number of rotatable bonds is 4. The normalized spacial score (nSPS) is 14.2. The van der Waals surface area contributed by atoms with Crippen LogP contribution in [0.25, 0.3) is 0 Å². The first kappa shape index (κ1) is 22.3. The van der Waals surface area contributed by atoms with Gasteiger partial charge in [0, 0.05) is 30.2 Å². The maximum atomic E-state index is 12.8. The van der Waals surface area contributed by atoms with E-state index in [2.05, 4.69) is 20.3 Å². The Morgan fingerprint density at radius 2 is 1.84 bits per heavy atom. The van der Waals surface area contributed by atoms with Crippen LogP contribution in [0.15, 0.2) is 47.8 Å². The standard InChI is InChI=1S/C20H17ClF3N5O2S/c1-32(30,31)19-27-16-11-29(18-15(21)3-2-9-25-18)10-8-14(16)17(28-19)26-13-6-4-12(5-7-13)20(22,23)24/h2-7,9H,8,10-11H2,1H3,(H,26,27,28). The molecule has 168 valence electrons. The lowest BCUT2D eigenvalue weighted by molar-refractivity contribution is -0.137. The minimum absolute atomic E-state index is 0.238. The highest BCUT2D eigenvalue weighted by molar-refractivity contribution is 7.90. The van der Waals surface area contributed by atoms with Crippen molar-refractivity contribution in [2.24, 2.45) is 0 Å². The van der Waals surface area contributed by atoms with Gasteiger partial charge in [-0.1, -0.05) is 11.6 Å². The molecule has 1 aliphatic rings. The molecular formula is C20H17ClF3N5O2S. The third-order valence-electron chi connectivity index (χ3n) is 4.89. The molecule has 1 N–H and O–H groups in total. The summed E-state index contributed by atoms with van der Waals surface area (Å²) in [5, 5.41) is 3.03. The van der Waals surface area contributed by atoms with Crippen LogP contribution >= 0.6 is 11.6 Å². The predicted octanol–water partition coefficient (Wildman–Crippen LogP) is 4.25. The molecule has 3 heterocycles. The Hall–Kier alpha value is -2.92. The van der Waals surface area contributed by atoms with Gasteiger partial charge in [0.15, 0.2) is 0 Å². The first-order valence-electron chi connectivity index (χ1n) is 9.42. The molecule has 2 aromatic heterocycles. The quantitative estimate of drug-likeness (QED) is 0.555. The molecule has 3 aromatic rings. The van der Waals surface area contributed by atoms with Gasteiger partial charge in [0.1, 0.15) is 11.6 Å². The first-order valence-corrected chi connectivity index (χ1v) is 11.7. The number of pyridine rings is 1. The van der Waals surface area contributed by atoms with Crippen molar-refractivity contribution in [1.82, 2.24) is 15.0 Å². The van der Waals surface area contributed by atoms with E-state index in [0.717, 1.165) is 18.4 Å². The second-order valence-electron chi connectivity index (χ2n) is 7.23. The molecule has 1 aliphatic heterocycles. The summed E-state index contributed by atoms with van der Waals surface area (Å²) >= 11 is 6.25. The molecular weight excluding hydrogens is 467 g/mol. The number of fused-ring (bicyclic) bond motifs is 1. The van der Waals surface area contributed by atoms with Crippen LogP contribution in [-0.2, 0) is 29.0 Å². The third-order valence-corrected chi connectivity index (χ3v) is 6.03. The molecule has 0 amide bonds. The van der Waals surface area contributed by atoms with Gasteiger partial charge in [-0.3, -0.25) is 0 Å². The summed E-state index contributed by atoms with van der Waals surface area (Å²) in [6, 6.07) is 7.83. The summed E-state index contributed by atoms with van der Waals surface area (Å²) in [6.45, 7) is 0.770. The summed E-state index contributed by atoms with van der Waals surface area (Å²) in [5.74, 6) is 0.790. The van der Waals surface area contributed by atoms with Crippen molar-refractivity contribution < 1.29 is 21.6 Å². The monoisotopic (exact) mass is 483 g/mol. The Balaban J connectivity index is 1.71. The molecule has 0 radical (unpaired) electrons. The Kier molecular flexibility index (Phi) is 5.72. The van der Waals surface area contributed by atoms with Crippen molar-refractivity contribution in [3.05, 3.63) is 64.4 Å².